The van der Waals surface area contributed by atoms with E-state index in [4.69, 9.17) is 23.2 Å². The summed E-state index contributed by atoms with van der Waals surface area (Å²) in [6, 6.07) is 7.70. The molecular formula is C12H10BrCl2NS. The maximum atomic E-state index is 6.10. The van der Waals surface area contributed by atoms with Crippen molar-refractivity contribution >= 4 is 56.2 Å². The van der Waals surface area contributed by atoms with Gasteiger partial charge in [-0.1, -0.05) is 29.3 Å². The molecule has 90 valence electrons. The quantitative estimate of drug-likeness (QED) is 0.744. The molecule has 0 atom stereocenters. The van der Waals surface area contributed by atoms with E-state index >= 15 is 0 Å². The first-order chi connectivity index (χ1) is 8.08. The average molecular weight is 351 g/mol. The highest BCUT2D eigenvalue weighted by Crippen LogP contribution is 2.31. The van der Waals surface area contributed by atoms with Crippen LogP contribution in [0.25, 0.3) is 0 Å². The van der Waals surface area contributed by atoms with E-state index in [0.717, 1.165) is 16.7 Å². The van der Waals surface area contributed by atoms with Gasteiger partial charge in [-0.15, -0.1) is 11.3 Å². The van der Waals surface area contributed by atoms with Crippen molar-refractivity contribution in [2.24, 2.45) is 0 Å². The topological polar surface area (TPSA) is 12.0 Å². The third-order valence-electron chi connectivity index (χ3n) is 2.31. The fourth-order valence-corrected chi connectivity index (χ4v) is 3.34. The number of thiophene rings is 1. The highest BCUT2D eigenvalue weighted by Gasteiger charge is 2.06. The Morgan fingerprint density at radius 1 is 1.35 bits per heavy atom. The molecule has 1 aromatic carbocycles. The van der Waals surface area contributed by atoms with Gasteiger partial charge in [0.2, 0.25) is 0 Å². The van der Waals surface area contributed by atoms with Crippen molar-refractivity contribution in [3.05, 3.63) is 48.5 Å². The molecule has 0 spiro atoms. The summed E-state index contributed by atoms with van der Waals surface area (Å²) in [7, 11) is 0. The first-order valence-corrected chi connectivity index (χ1v) is 7.37. The second-order valence-electron chi connectivity index (χ2n) is 3.57. The summed E-state index contributed by atoms with van der Waals surface area (Å²) < 4.78 is 1.15. The highest BCUT2D eigenvalue weighted by molar-refractivity contribution is 9.10. The van der Waals surface area contributed by atoms with E-state index in [1.165, 1.54) is 9.75 Å². The van der Waals surface area contributed by atoms with Crippen LogP contribution in [0.15, 0.2) is 28.7 Å². The van der Waals surface area contributed by atoms with Crippen LogP contribution in [0.1, 0.15) is 9.75 Å². The van der Waals surface area contributed by atoms with E-state index in [0.29, 0.717) is 10.0 Å². The summed E-state index contributed by atoms with van der Waals surface area (Å²) in [6.07, 6.45) is 0. The van der Waals surface area contributed by atoms with E-state index in [-0.39, 0.29) is 0 Å². The van der Waals surface area contributed by atoms with E-state index in [9.17, 15) is 0 Å². The number of halogens is 3. The minimum absolute atomic E-state index is 0.570. The Bertz CT molecular complexity index is 520. The van der Waals surface area contributed by atoms with Gasteiger partial charge in [0.15, 0.2) is 0 Å². The Morgan fingerprint density at radius 2 is 2.12 bits per heavy atom. The molecule has 2 rings (SSSR count). The van der Waals surface area contributed by atoms with Crippen LogP contribution in [0, 0.1) is 6.92 Å². The van der Waals surface area contributed by atoms with Gasteiger partial charge >= 0.3 is 0 Å². The first-order valence-electron chi connectivity index (χ1n) is 5.00. The lowest BCUT2D eigenvalue weighted by Crippen LogP contribution is -1.97. The predicted molar refractivity (Wildman–Crippen MR) is 80.5 cm³/mol. The minimum atomic E-state index is 0.570. The number of hydrogen-bond acceptors (Lipinski definition) is 2. The molecule has 1 nitrogen and oxygen atoms in total. The molecule has 0 saturated carbocycles. The summed E-state index contributed by atoms with van der Waals surface area (Å²) in [4.78, 5) is 2.53. The number of anilines is 1. The lowest BCUT2D eigenvalue weighted by Gasteiger charge is -2.07. The molecule has 5 heteroatoms. The number of benzene rings is 1. The molecule has 0 aliphatic rings. The van der Waals surface area contributed by atoms with Gasteiger partial charge in [-0.2, -0.15) is 0 Å². The monoisotopic (exact) mass is 349 g/mol. The zero-order valence-corrected chi connectivity index (χ0v) is 13.0. The number of nitrogens with one attached hydrogen (secondary N) is 1. The predicted octanol–water partition coefficient (Wildman–Crippen LogP) is 5.74. The third-order valence-corrected chi connectivity index (χ3v) is 5.27. The van der Waals surface area contributed by atoms with Gasteiger partial charge in [0.05, 0.1) is 15.7 Å². The van der Waals surface area contributed by atoms with Crippen molar-refractivity contribution in [1.29, 1.82) is 0 Å². The Labute approximate surface area is 123 Å². The Kier molecular flexibility index (Phi) is 4.36. The van der Waals surface area contributed by atoms with Gasteiger partial charge < -0.3 is 5.32 Å². The second-order valence-corrected chi connectivity index (χ2v) is 6.55. The van der Waals surface area contributed by atoms with E-state index in [2.05, 4.69) is 34.2 Å². The van der Waals surface area contributed by atoms with Crippen molar-refractivity contribution in [1.82, 2.24) is 0 Å². The summed E-state index contributed by atoms with van der Waals surface area (Å²) in [6.45, 7) is 2.84. The van der Waals surface area contributed by atoms with E-state index in [1.54, 1.807) is 17.4 Å². The van der Waals surface area contributed by atoms with Crippen molar-refractivity contribution in [2.75, 3.05) is 5.32 Å². The molecule has 0 unspecified atom stereocenters. The van der Waals surface area contributed by atoms with Crippen LogP contribution in [-0.2, 0) is 6.54 Å². The van der Waals surface area contributed by atoms with Crippen LogP contribution in [0.5, 0.6) is 0 Å². The normalized spacial score (nSPS) is 10.6. The Balaban J connectivity index is 2.10. The molecule has 0 aliphatic heterocycles. The highest BCUT2D eigenvalue weighted by atomic mass is 79.9. The summed E-state index contributed by atoms with van der Waals surface area (Å²) >= 11 is 17.3. The molecule has 1 aromatic heterocycles. The zero-order valence-electron chi connectivity index (χ0n) is 9.06. The summed E-state index contributed by atoms with van der Waals surface area (Å²) in [5.41, 5.74) is 0.862. The maximum Gasteiger partial charge on any atom is 0.0823 e. The largest absolute Gasteiger partial charge is 0.379 e. The summed E-state index contributed by atoms with van der Waals surface area (Å²) in [5, 5.41) is 4.42. The number of aryl methyl sites for hydroxylation is 1. The maximum absolute atomic E-state index is 6.10. The molecule has 1 heterocycles. The van der Waals surface area contributed by atoms with Gasteiger partial charge in [0.1, 0.15) is 0 Å². The smallest absolute Gasteiger partial charge is 0.0823 e. The Morgan fingerprint density at radius 3 is 2.76 bits per heavy atom. The van der Waals surface area contributed by atoms with Gasteiger partial charge in [0, 0.05) is 20.8 Å². The number of rotatable bonds is 3. The van der Waals surface area contributed by atoms with E-state index < -0.39 is 0 Å². The standard InChI is InChI=1S/C12H10BrCl2NS/c1-7-9(13)5-8(17-7)6-16-11-4-2-3-10(14)12(11)15/h2-5,16H,6H2,1H3. The van der Waals surface area contributed by atoms with Crippen LogP contribution in [0.4, 0.5) is 5.69 Å². The molecule has 2 aromatic rings. The second kappa shape index (κ2) is 5.61. The van der Waals surface area contributed by atoms with Crippen LogP contribution >= 0.6 is 50.5 Å². The van der Waals surface area contributed by atoms with Gasteiger partial charge in [-0.3, -0.25) is 0 Å². The lowest BCUT2D eigenvalue weighted by molar-refractivity contribution is 1.19. The van der Waals surface area contributed by atoms with Crippen molar-refractivity contribution < 1.29 is 0 Å². The zero-order chi connectivity index (χ0) is 12.4. The molecule has 0 fully saturated rings. The molecule has 0 bridgehead atoms. The minimum Gasteiger partial charge on any atom is -0.379 e. The fraction of sp³-hybridized carbons (Fsp3) is 0.167. The van der Waals surface area contributed by atoms with Gasteiger partial charge in [-0.25, -0.2) is 0 Å². The SMILES string of the molecule is Cc1sc(CNc2cccc(Cl)c2Cl)cc1Br. The molecule has 0 radical (unpaired) electrons. The molecule has 17 heavy (non-hydrogen) atoms. The van der Waals surface area contributed by atoms with Crippen molar-refractivity contribution in [2.45, 2.75) is 13.5 Å². The van der Waals surface area contributed by atoms with Crippen LogP contribution < -0.4 is 5.32 Å². The van der Waals surface area contributed by atoms with Crippen LogP contribution in [0.3, 0.4) is 0 Å². The Hall–Kier alpha value is -0.220. The molecular weight excluding hydrogens is 341 g/mol. The van der Waals surface area contributed by atoms with E-state index in [1.807, 2.05) is 12.1 Å². The fourth-order valence-electron chi connectivity index (χ4n) is 1.43. The third kappa shape index (κ3) is 3.16. The molecule has 0 amide bonds. The van der Waals surface area contributed by atoms with Gasteiger partial charge in [-0.05, 0) is 41.1 Å². The van der Waals surface area contributed by atoms with Crippen LogP contribution in [-0.4, -0.2) is 0 Å². The van der Waals surface area contributed by atoms with Crippen molar-refractivity contribution in [3.8, 4) is 0 Å². The summed E-state index contributed by atoms with van der Waals surface area (Å²) in [5.74, 6) is 0. The average Bonchev–Trinajstić information content (AvgIpc) is 2.61. The lowest BCUT2D eigenvalue weighted by atomic mass is 10.3. The molecule has 0 aliphatic carbocycles. The van der Waals surface area contributed by atoms with Crippen LogP contribution in [0.2, 0.25) is 10.0 Å². The first kappa shape index (κ1) is 13.2. The van der Waals surface area contributed by atoms with Gasteiger partial charge in [0.25, 0.3) is 0 Å². The molecule has 0 saturated heterocycles. The molecule has 1 N–H and O–H groups in total. The number of hydrogen-bond donors (Lipinski definition) is 1. The van der Waals surface area contributed by atoms with Crippen molar-refractivity contribution in [3.63, 3.8) is 0 Å².